The van der Waals surface area contributed by atoms with Crippen molar-refractivity contribution in [3.05, 3.63) is 35.5 Å². The van der Waals surface area contributed by atoms with Crippen molar-refractivity contribution in [1.29, 1.82) is 0 Å². The highest BCUT2D eigenvalue weighted by atomic mass is 16.5. The largest absolute Gasteiger partial charge is 0.507 e. The number of phenolic OH excluding ortho intramolecular Hbond substituents is 2. The van der Waals surface area contributed by atoms with Crippen LogP contribution in [0, 0.1) is 5.92 Å². The van der Waals surface area contributed by atoms with Crippen LogP contribution in [0.15, 0.2) is 22.7 Å². The lowest BCUT2D eigenvalue weighted by Crippen LogP contribution is -2.39. The van der Waals surface area contributed by atoms with Crippen LogP contribution in [0.4, 0.5) is 0 Å². The third-order valence-corrected chi connectivity index (χ3v) is 4.37. The van der Waals surface area contributed by atoms with E-state index in [0.717, 1.165) is 19.3 Å². The maximum Gasteiger partial charge on any atom is 0.261 e. The monoisotopic (exact) mass is 345 g/mol. The molecule has 1 aliphatic heterocycles. The topological polar surface area (TPSA) is 99.7 Å². The molecular weight excluding hydrogens is 322 g/mol. The minimum atomic E-state index is -0.387. The van der Waals surface area contributed by atoms with Crippen LogP contribution in [-0.4, -0.2) is 44.3 Å². The molecule has 0 unspecified atom stereocenters. The van der Waals surface area contributed by atoms with Crippen molar-refractivity contribution in [3.8, 4) is 11.5 Å². The molecule has 3 rings (SSSR count). The third-order valence-electron chi connectivity index (χ3n) is 4.37. The van der Waals surface area contributed by atoms with Crippen molar-refractivity contribution in [1.82, 2.24) is 15.0 Å². The average molecular weight is 345 g/mol. The first-order valence-electron chi connectivity index (χ1n) is 8.58. The first-order chi connectivity index (χ1) is 12.0. The molecule has 0 saturated carbocycles. The Kier molecular flexibility index (Phi) is 4.92. The van der Waals surface area contributed by atoms with E-state index in [1.54, 1.807) is 4.90 Å². The smallest absolute Gasteiger partial charge is 0.261 e. The van der Waals surface area contributed by atoms with Crippen molar-refractivity contribution >= 4 is 5.91 Å². The molecule has 0 radical (unpaired) electrons. The SMILES string of the molecule is CC(C)Cc1noc([C@@H]2CCCN(C(=O)c3c(O)cccc3O)C2)n1. The summed E-state index contributed by atoms with van der Waals surface area (Å²) in [5.74, 6) is 0.829. The van der Waals surface area contributed by atoms with Crippen LogP contribution in [0.1, 0.15) is 54.7 Å². The van der Waals surface area contributed by atoms with Crippen LogP contribution in [0.2, 0.25) is 0 Å². The lowest BCUT2D eigenvalue weighted by molar-refractivity contribution is 0.0689. The quantitative estimate of drug-likeness (QED) is 0.884. The van der Waals surface area contributed by atoms with Gasteiger partial charge in [-0.2, -0.15) is 4.98 Å². The van der Waals surface area contributed by atoms with E-state index in [9.17, 15) is 15.0 Å². The van der Waals surface area contributed by atoms with Crippen LogP contribution >= 0.6 is 0 Å². The number of aromatic hydroxyl groups is 2. The Bertz CT molecular complexity index is 736. The summed E-state index contributed by atoms with van der Waals surface area (Å²) in [6.07, 6.45) is 2.41. The molecule has 1 aliphatic rings. The summed E-state index contributed by atoms with van der Waals surface area (Å²) in [5.41, 5.74) is -0.0609. The van der Waals surface area contributed by atoms with Gasteiger partial charge in [-0.25, -0.2) is 0 Å². The number of hydrogen-bond acceptors (Lipinski definition) is 6. The van der Waals surface area contributed by atoms with Crippen LogP contribution in [0.25, 0.3) is 0 Å². The standard InChI is InChI=1S/C18H23N3O4/c1-11(2)9-15-19-17(25-20-15)12-5-4-8-21(10-12)18(24)16-13(22)6-3-7-14(16)23/h3,6-7,11-12,22-23H,4-5,8-10H2,1-2H3/t12-/m1/s1. The Labute approximate surface area is 146 Å². The number of piperidine rings is 1. The average Bonchev–Trinajstić information content (AvgIpc) is 3.02. The minimum Gasteiger partial charge on any atom is -0.507 e. The summed E-state index contributed by atoms with van der Waals surface area (Å²) in [7, 11) is 0. The van der Waals surface area contributed by atoms with Gasteiger partial charge in [0.25, 0.3) is 5.91 Å². The second-order valence-electron chi connectivity index (χ2n) is 6.91. The van der Waals surface area contributed by atoms with Gasteiger partial charge in [0.15, 0.2) is 5.82 Å². The van der Waals surface area contributed by atoms with Crippen molar-refractivity contribution in [2.45, 2.75) is 39.0 Å². The minimum absolute atomic E-state index is 0.0286. The Balaban J connectivity index is 1.75. The summed E-state index contributed by atoms with van der Waals surface area (Å²) in [4.78, 5) is 18.8. The molecule has 1 aromatic carbocycles. The van der Waals surface area contributed by atoms with E-state index >= 15 is 0 Å². The maximum absolute atomic E-state index is 12.7. The summed E-state index contributed by atoms with van der Waals surface area (Å²) in [6.45, 7) is 5.18. The first-order valence-corrected chi connectivity index (χ1v) is 8.58. The fourth-order valence-corrected chi connectivity index (χ4v) is 3.15. The molecule has 2 N–H and O–H groups in total. The highest BCUT2D eigenvalue weighted by Crippen LogP contribution is 2.31. The highest BCUT2D eigenvalue weighted by molar-refractivity contribution is 5.99. The third kappa shape index (κ3) is 3.75. The zero-order valence-electron chi connectivity index (χ0n) is 14.5. The lowest BCUT2D eigenvalue weighted by atomic mass is 9.97. The van der Waals surface area contributed by atoms with Gasteiger partial charge in [-0.3, -0.25) is 4.79 Å². The zero-order chi connectivity index (χ0) is 18.0. The molecule has 1 amide bonds. The summed E-state index contributed by atoms with van der Waals surface area (Å²) < 4.78 is 5.39. The number of carbonyl (C=O) groups is 1. The van der Waals surface area contributed by atoms with Gasteiger partial charge in [-0.1, -0.05) is 25.1 Å². The van der Waals surface area contributed by atoms with E-state index in [2.05, 4.69) is 24.0 Å². The molecule has 7 nitrogen and oxygen atoms in total. The summed E-state index contributed by atoms with van der Waals surface area (Å²) in [5, 5.41) is 23.8. The number of phenols is 2. The van der Waals surface area contributed by atoms with Gasteiger partial charge in [0.2, 0.25) is 5.89 Å². The van der Waals surface area contributed by atoms with Gasteiger partial charge in [0.05, 0.1) is 5.92 Å². The Morgan fingerprint density at radius 1 is 1.36 bits per heavy atom. The van der Waals surface area contributed by atoms with Crippen LogP contribution in [-0.2, 0) is 6.42 Å². The van der Waals surface area contributed by atoms with E-state index in [1.165, 1.54) is 18.2 Å². The fourth-order valence-electron chi connectivity index (χ4n) is 3.15. The Hall–Kier alpha value is -2.57. The van der Waals surface area contributed by atoms with Gasteiger partial charge in [-0.05, 0) is 30.9 Å². The maximum atomic E-state index is 12.7. The van der Waals surface area contributed by atoms with Gasteiger partial charge < -0.3 is 19.6 Å². The number of amides is 1. The molecule has 0 spiro atoms. The normalized spacial score (nSPS) is 17.9. The number of rotatable bonds is 4. The first kappa shape index (κ1) is 17.3. The molecule has 134 valence electrons. The van der Waals surface area contributed by atoms with E-state index < -0.39 is 0 Å². The second kappa shape index (κ2) is 7.13. The Morgan fingerprint density at radius 3 is 2.76 bits per heavy atom. The van der Waals surface area contributed by atoms with Crippen LogP contribution in [0.3, 0.4) is 0 Å². The molecule has 2 aromatic rings. The molecule has 25 heavy (non-hydrogen) atoms. The van der Waals surface area contributed by atoms with E-state index in [4.69, 9.17) is 4.52 Å². The van der Waals surface area contributed by atoms with Gasteiger partial charge in [0.1, 0.15) is 17.1 Å². The summed E-state index contributed by atoms with van der Waals surface area (Å²) in [6, 6.07) is 4.28. The number of carbonyl (C=O) groups excluding carboxylic acids is 1. The molecule has 2 heterocycles. The molecule has 1 atom stereocenters. The van der Waals surface area contributed by atoms with Gasteiger partial charge in [-0.15, -0.1) is 0 Å². The van der Waals surface area contributed by atoms with Gasteiger partial charge in [0, 0.05) is 19.5 Å². The molecule has 1 aromatic heterocycles. The molecule has 1 fully saturated rings. The number of hydrogen-bond donors (Lipinski definition) is 2. The number of aromatic nitrogens is 2. The molecule has 1 saturated heterocycles. The molecular formula is C18H23N3O4. The van der Waals surface area contributed by atoms with Gasteiger partial charge >= 0.3 is 0 Å². The van der Waals surface area contributed by atoms with Crippen LogP contribution < -0.4 is 0 Å². The molecule has 7 heteroatoms. The second-order valence-corrected chi connectivity index (χ2v) is 6.91. The lowest BCUT2D eigenvalue weighted by Gasteiger charge is -2.31. The Morgan fingerprint density at radius 2 is 2.08 bits per heavy atom. The number of benzene rings is 1. The van der Waals surface area contributed by atoms with E-state index in [-0.39, 0.29) is 28.9 Å². The molecule has 0 bridgehead atoms. The predicted octanol–water partition coefficient (Wildman–Crippen LogP) is 2.70. The van der Waals surface area contributed by atoms with Crippen LogP contribution in [0.5, 0.6) is 11.5 Å². The van der Waals surface area contributed by atoms with Crippen molar-refractivity contribution in [2.75, 3.05) is 13.1 Å². The van der Waals surface area contributed by atoms with E-state index in [1.807, 2.05) is 0 Å². The predicted molar refractivity (Wildman–Crippen MR) is 90.5 cm³/mol. The summed E-state index contributed by atoms with van der Waals surface area (Å²) >= 11 is 0. The van der Waals surface area contributed by atoms with E-state index in [0.29, 0.717) is 30.7 Å². The molecule has 0 aliphatic carbocycles. The van der Waals surface area contributed by atoms with Crippen molar-refractivity contribution < 1.29 is 19.5 Å². The van der Waals surface area contributed by atoms with Crippen molar-refractivity contribution in [3.63, 3.8) is 0 Å². The number of nitrogens with zero attached hydrogens (tertiary/aromatic N) is 3. The fraction of sp³-hybridized carbons (Fsp3) is 0.500. The highest BCUT2D eigenvalue weighted by Gasteiger charge is 2.31. The zero-order valence-corrected chi connectivity index (χ0v) is 14.5. The number of likely N-dealkylation sites (tertiary alicyclic amines) is 1. The van der Waals surface area contributed by atoms with Crippen molar-refractivity contribution in [2.24, 2.45) is 5.92 Å².